The molecule has 0 spiro atoms. The molecule has 9 rings (SSSR count). The molecule has 4 atom stereocenters. The van der Waals surface area contributed by atoms with Crippen molar-refractivity contribution in [3.05, 3.63) is 155 Å². The van der Waals surface area contributed by atoms with Crippen LogP contribution in [-0.2, 0) is 0 Å². The summed E-state index contributed by atoms with van der Waals surface area (Å²) in [6, 6.07) is 24.4. The quantitative estimate of drug-likeness (QED) is 0.252. The highest BCUT2D eigenvalue weighted by Crippen LogP contribution is 2.50. The molecule has 0 fully saturated rings. The maximum atomic E-state index is 5.26. The zero-order valence-corrected chi connectivity index (χ0v) is 26.2. The fourth-order valence-corrected chi connectivity index (χ4v) is 8.80. The number of hydrogen-bond donors (Lipinski definition) is 1. The maximum Gasteiger partial charge on any atom is 0.141 e. The second kappa shape index (κ2) is 10.8. The molecule has 220 valence electrons. The van der Waals surface area contributed by atoms with Crippen molar-refractivity contribution in [3.63, 3.8) is 0 Å². The number of benzene rings is 3. The summed E-state index contributed by atoms with van der Waals surface area (Å²) >= 11 is 2.01. The first-order valence-electron chi connectivity index (χ1n) is 16.2. The number of fused-ring (bicyclic) bond motifs is 6. The van der Waals surface area contributed by atoms with Crippen LogP contribution in [0, 0.1) is 5.92 Å². The van der Waals surface area contributed by atoms with Crippen molar-refractivity contribution in [3.8, 4) is 0 Å². The lowest BCUT2D eigenvalue weighted by Gasteiger charge is -2.29. The van der Waals surface area contributed by atoms with E-state index >= 15 is 0 Å². The van der Waals surface area contributed by atoms with Gasteiger partial charge in [0.25, 0.3) is 0 Å². The topological polar surface area (TPSA) is 29.3 Å². The van der Waals surface area contributed by atoms with Gasteiger partial charge in [-0.15, -0.1) is 11.8 Å². The Morgan fingerprint density at radius 1 is 0.867 bits per heavy atom. The van der Waals surface area contributed by atoms with Crippen LogP contribution in [-0.4, -0.2) is 21.7 Å². The first-order valence-corrected chi connectivity index (χ1v) is 17.1. The lowest BCUT2D eigenvalue weighted by Crippen LogP contribution is -2.34. The SMILES string of the molecule is CC1C=CC(C2=CC(c3ccccc3)=NC(C3=CC=C(n4c5ccccc5c5cc6c(cc54)SC4C=CC=CC64)CC3)N2)=CC1. The van der Waals surface area contributed by atoms with Gasteiger partial charge < -0.3 is 9.88 Å². The number of para-hydroxylation sites is 1. The minimum atomic E-state index is -0.0890. The summed E-state index contributed by atoms with van der Waals surface area (Å²) in [4.78, 5) is 6.67. The van der Waals surface area contributed by atoms with Gasteiger partial charge in [-0.05, 0) is 77.8 Å². The lowest BCUT2D eigenvalue weighted by atomic mass is 9.91. The van der Waals surface area contributed by atoms with Crippen molar-refractivity contribution in [2.24, 2.45) is 10.9 Å². The van der Waals surface area contributed by atoms with E-state index in [1.165, 1.54) is 49.1 Å². The number of aliphatic imine (C=N–C) groups is 1. The average Bonchev–Trinajstić information content (AvgIpc) is 3.62. The zero-order valence-electron chi connectivity index (χ0n) is 25.4. The number of nitrogens with zero attached hydrogens (tertiary/aromatic N) is 2. The number of aromatic nitrogens is 1. The third-order valence-electron chi connectivity index (χ3n) is 9.84. The number of rotatable bonds is 4. The first kappa shape index (κ1) is 26.8. The minimum Gasteiger partial charge on any atom is -0.360 e. The molecule has 2 aliphatic heterocycles. The van der Waals surface area contributed by atoms with Gasteiger partial charge in [0, 0.05) is 38.2 Å². The van der Waals surface area contributed by atoms with Gasteiger partial charge >= 0.3 is 0 Å². The predicted molar refractivity (Wildman–Crippen MR) is 191 cm³/mol. The molecule has 1 N–H and O–H groups in total. The number of hydrogen-bond acceptors (Lipinski definition) is 3. The Kier molecular flexibility index (Phi) is 6.45. The summed E-state index contributed by atoms with van der Waals surface area (Å²) in [6.45, 7) is 2.27. The highest BCUT2D eigenvalue weighted by Gasteiger charge is 2.32. The molecule has 4 aromatic rings. The van der Waals surface area contributed by atoms with Crippen molar-refractivity contribution in [1.29, 1.82) is 0 Å². The highest BCUT2D eigenvalue weighted by molar-refractivity contribution is 8.00. The Morgan fingerprint density at radius 3 is 2.58 bits per heavy atom. The van der Waals surface area contributed by atoms with E-state index in [0.717, 1.165) is 36.2 Å². The third-order valence-corrected chi connectivity index (χ3v) is 11.2. The van der Waals surface area contributed by atoms with Crippen LogP contribution in [0.4, 0.5) is 0 Å². The monoisotopic (exact) mass is 601 g/mol. The molecule has 3 aliphatic carbocycles. The van der Waals surface area contributed by atoms with Gasteiger partial charge in [0.2, 0.25) is 0 Å². The summed E-state index contributed by atoms with van der Waals surface area (Å²) < 4.78 is 2.52. The number of nitrogens with one attached hydrogen (secondary N) is 1. The first-order chi connectivity index (χ1) is 22.2. The van der Waals surface area contributed by atoms with E-state index in [4.69, 9.17) is 4.99 Å². The van der Waals surface area contributed by atoms with Crippen molar-refractivity contribution < 1.29 is 0 Å². The smallest absolute Gasteiger partial charge is 0.141 e. The van der Waals surface area contributed by atoms with Gasteiger partial charge in [-0.25, -0.2) is 0 Å². The molecule has 3 heterocycles. The van der Waals surface area contributed by atoms with Crippen LogP contribution in [0.15, 0.2) is 154 Å². The van der Waals surface area contributed by atoms with Gasteiger partial charge in [0.15, 0.2) is 0 Å². The summed E-state index contributed by atoms with van der Waals surface area (Å²) in [5.74, 6) is 1.05. The Bertz CT molecular complexity index is 2110. The van der Waals surface area contributed by atoms with Gasteiger partial charge in [-0.1, -0.05) is 104 Å². The Labute approximate surface area is 268 Å². The summed E-state index contributed by atoms with van der Waals surface area (Å²) in [5, 5.41) is 6.99. The van der Waals surface area contributed by atoms with E-state index < -0.39 is 0 Å². The Morgan fingerprint density at radius 2 is 1.73 bits per heavy atom. The van der Waals surface area contributed by atoms with Gasteiger partial charge in [0.1, 0.15) is 6.17 Å². The molecule has 0 radical (unpaired) electrons. The number of thioether (sulfide) groups is 1. The predicted octanol–water partition coefficient (Wildman–Crippen LogP) is 9.86. The fourth-order valence-electron chi connectivity index (χ4n) is 7.44. The maximum absolute atomic E-state index is 5.26. The van der Waals surface area contributed by atoms with Crippen LogP contribution in [0.2, 0.25) is 0 Å². The van der Waals surface area contributed by atoms with E-state index in [-0.39, 0.29) is 6.17 Å². The van der Waals surface area contributed by atoms with Gasteiger partial charge in [-0.2, -0.15) is 0 Å². The molecule has 3 aromatic carbocycles. The molecular weight excluding hydrogens is 567 g/mol. The third kappa shape index (κ3) is 4.62. The van der Waals surface area contributed by atoms with Crippen LogP contribution >= 0.6 is 11.8 Å². The van der Waals surface area contributed by atoms with Crippen molar-refractivity contribution >= 4 is 45.0 Å². The van der Waals surface area contributed by atoms with E-state index in [0.29, 0.717) is 17.1 Å². The molecule has 3 nitrogen and oxygen atoms in total. The van der Waals surface area contributed by atoms with E-state index in [1.54, 1.807) is 0 Å². The standard InChI is InChI=1S/C41H35N3S/c1-26-15-17-28(18-16-26)36-24-35(27-9-3-2-4-10-27)42-41(43-36)29-19-21-30(22-20-29)44-37-13-7-5-11-31(37)33-23-34-32-12-6-8-14-39(32)45-40(34)25-38(33)44/h2-15,17-19,21,23-26,32,39,41,43H,16,20,22H2,1H3. The van der Waals surface area contributed by atoms with Gasteiger partial charge in [0.05, 0.1) is 16.7 Å². The van der Waals surface area contributed by atoms with Crippen molar-refractivity contribution in [1.82, 2.24) is 9.88 Å². The Hall–Kier alpha value is -4.54. The summed E-state index contributed by atoms with van der Waals surface area (Å²) in [6.07, 6.45) is 25.9. The summed E-state index contributed by atoms with van der Waals surface area (Å²) in [5.41, 5.74) is 11.4. The fraction of sp³-hybridized carbons (Fsp3) is 0.195. The van der Waals surface area contributed by atoms with Crippen LogP contribution in [0.5, 0.6) is 0 Å². The zero-order chi connectivity index (χ0) is 29.9. The van der Waals surface area contributed by atoms with Crippen LogP contribution in [0.3, 0.4) is 0 Å². The van der Waals surface area contributed by atoms with E-state index in [1.807, 2.05) is 11.8 Å². The molecular formula is C41H35N3S. The van der Waals surface area contributed by atoms with Gasteiger partial charge in [-0.3, -0.25) is 4.99 Å². The van der Waals surface area contributed by atoms with Crippen molar-refractivity contribution in [2.45, 2.75) is 48.4 Å². The highest BCUT2D eigenvalue weighted by atomic mass is 32.2. The largest absolute Gasteiger partial charge is 0.360 e. The number of allylic oxidation sites excluding steroid dienone is 10. The van der Waals surface area contributed by atoms with Crippen LogP contribution in [0.1, 0.15) is 43.2 Å². The molecule has 5 aliphatic rings. The molecule has 4 heteroatoms. The molecule has 1 aromatic heterocycles. The molecule has 0 bridgehead atoms. The molecule has 4 unspecified atom stereocenters. The summed E-state index contributed by atoms with van der Waals surface area (Å²) in [7, 11) is 0. The van der Waals surface area contributed by atoms with Crippen molar-refractivity contribution in [2.75, 3.05) is 0 Å². The van der Waals surface area contributed by atoms with Crippen LogP contribution in [0.25, 0.3) is 27.5 Å². The molecule has 0 amide bonds. The molecule has 0 saturated carbocycles. The van der Waals surface area contributed by atoms with E-state index in [2.05, 4.69) is 144 Å². The average molecular weight is 602 g/mol. The van der Waals surface area contributed by atoms with Crippen LogP contribution < -0.4 is 5.32 Å². The molecule has 0 saturated heterocycles. The normalized spacial score (nSPS) is 25.2. The second-order valence-corrected chi connectivity index (χ2v) is 14.0. The second-order valence-electron chi connectivity index (χ2n) is 12.8. The molecule has 45 heavy (non-hydrogen) atoms. The lowest BCUT2D eigenvalue weighted by molar-refractivity contribution is 0.633. The van der Waals surface area contributed by atoms with E-state index in [9.17, 15) is 0 Å². The Balaban J connectivity index is 1.10. The minimum absolute atomic E-state index is 0.0890.